The molecule has 1 spiro atoms. The molecule has 3 fully saturated rings. The lowest BCUT2D eigenvalue weighted by Crippen LogP contribution is -2.52. The van der Waals surface area contributed by atoms with E-state index in [1.165, 1.54) is 6.08 Å². The van der Waals surface area contributed by atoms with Crippen molar-refractivity contribution in [1.29, 1.82) is 0 Å². The van der Waals surface area contributed by atoms with Gasteiger partial charge in [-0.2, -0.15) is 11.8 Å². The fraction of sp³-hybridized carbons (Fsp3) is 0.778. The van der Waals surface area contributed by atoms with E-state index in [2.05, 4.69) is 11.9 Å². The number of piperidine rings is 1. The molecule has 2 amide bonds. The van der Waals surface area contributed by atoms with Crippen molar-refractivity contribution >= 4 is 23.6 Å². The Labute approximate surface area is 148 Å². The SMILES string of the molecule is C=CC(=O)N1CCC(C(=O)NC2CCOC3(CCSCC3)C2)CC1. The third kappa shape index (κ3) is 4.14. The van der Waals surface area contributed by atoms with Crippen molar-refractivity contribution in [2.75, 3.05) is 31.2 Å². The predicted molar refractivity (Wildman–Crippen MR) is 95.9 cm³/mol. The molecule has 134 valence electrons. The van der Waals surface area contributed by atoms with E-state index in [1.807, 2.05) is 11.8 Å². The highest BCUT2D eigenvalue weighted by Gasteiger charge is 2.39. The number of amides is 2. The van der Waals surface area contributed by atoms with Crippen molar-refractivity contribution in [3.05, 3.63) is 12.7 Å². The molecule has 3 saturated heterocycles. The van der Waals surface area contributed by atoms with Crippen LogP contribution in [0.4, 0.5) is 0 Å². The van der Waals surface area contributed by atoms with Gasteiger partial charge in [-0.05, 0) is 56.1 Å². The lowest BCUT2D eigenvalue weighted by atomic mass is 9.85. The largest absolute Gasteiger partial charge is 0.375 e. The highest BCUT2D eigenvalue weighted by molar-refractivity contribution is 7.99. The van der Waals surface area contributed by atoms with Gasteiger partial charge in [-0.15, -0.1) is 0 Å². The molecule has 6 heteroatoms. The van der Waals surface area contributed by atoms with Crippen LogP contribution >= 0.6 is 11.8 Å². The van der Waals surface area contributed by atoms with Crippen LogP contribution in [0.25, 0.3) is 0 Å². The third-order valence-electron chi connectivity index (χ3n) is 5.60. The smallest absolute Gasteiger partial charge is 0.245 e. The zero-order valence-electron chi connectivity index (χ0n) is 14.3. The van der Waals surface area contributed by atoms with Crippen molar-refractivity contribution in [3.63, 3.8) is 0 Å². The highest BCUT2D eigenvalue weighted by Crippen LogP contribution is 2.37. The van der Waals surface area contributed by atoms with Crippen LogP contribution in [0.2, 0.25) is 0 Å². The minimum absolute atomic E-state index is 0.00118. The van der Waals surface area contributed by atoms with Gasteiger partial charge in [0.05, 0.1) is 5.60 Å². The summed E-state index contributed by atoms with van der Waals surface area (Å²) in [5, 5.41) is 3.27. The molecule has 3 rings (SSSR count). The molecule has 3 aliphatic heterocycles. The first-order chi connectivity index (χ1) is 11.6. The van der Waals surface area contributed by atoms with Crippen molar-refractivity contribution in [2.45, 2.75) is 50.2 Å². The van der Waals surface area contributed by atoms with Gasteiger partial charge in [-0.1, -0.05) is 6.58 Å². The van der Waals surface area contributed by atoms with Gasteiger partial charge in [-0.25, -0.2) is 0 Å². The molecule has 5 nitrogen and oxygen atoms in total. The van der Waals surface area contributed by atoms with Crippen LogP contribution < -0.4 is 5.32 Å². The monoisotopic (exact) mass is 352 g/mol. The van der Waals surface area contributed by atoms with Gasteiger partial charge in [-0.3, -0.25) is 9.59 Å². The van der Waals surface area contributed by atoms with Crippen LogP contribution in [0.5, 0.6) is 0 Å². The second-order valence-corrected chi connectivity index (χ2v) is 8.37. The van der Waals surface area contributed by atoms with E-state index in [1.54, 1.807) is 4.90 Å². The molecule has 0 aromatic rings. The summed E-state index contributed by atoms with van der Waals surface area (Å²) in [6.45, 7) is 5.58. The van der Waals surface area contributed by atoms with E-state index in [9.17, 15) is 9.59 Å². The van der Waals surface area contributed by atoms with Crippen LogP contribution in [0, 0.1) is 5.92 Å². The zero-order valence-corrected chi connectivity index (χ0v) is 15.1. The molecule has 24 heavy (non-hydrogen) atoms. The quantitative estimate of drug-likeness (QED) is 0.789. The summed E-state index contributed by atoms with van der Waals surface area (Å²) in [5.74, 6) is 2.48. The molecule has 0 aromatic heterocycles. The maximum atomic E-state index is 12.6. The van der Waals surface area contributed by atoms with E-state index < -0.39 is 0 Å². The summed E-state index contributed by atoms with van der Waals surface area (Å²) in [5.41, 5.74) is 0.00118. The molecule has 0 bridgehead atoms. The summed E-state index contributed by atoms with van der Waals surface area (Å²) in [6.07, 6.45) is 6.91. The Morgan fingerprint density at radius 3 is 2.58 bits per heavy atom. The summed E-state index contributed by atoms with van der Waals surface area (Å²) in [4.78, 5) is 26.0. The fourth-order valence-electron chi connectivity index (χ4n) is 4.05. The minimum Gasteiger partial charge on any atom is -0.375 e. The highest BCUT2D eigenvalue weighted by atomic mass is 32.2. The maximum Gasteiger partial charge on any atom is 0.245 e. The lowest BCUT2D eigenvalue weighted by Gasteiger charge is -2.43. The summed E-state index contributed by atoms with van der Waals surface area (Å²) in [7, 11) is 0. The van der Waals surface area contributed by atoms with Gasteiger partial charge < -0.3 is 15.0 Å². The van der Waals surface area contributed by atoms with E-state index in [4.69, 9.17) is 4.74 Å². The van der Waals surface area contributed by atoms with E-state index in [-0.39, 0.29) is 29.4 Å². The molecule has 1 unspecified atom stereocenters. The minimum atomic E-state index is -0.0320. The van der Waals surface area contributed by atoms with Gasteiger partial charge >= 0.3 is 0 Å². The maximum absolute atomic E-state index is 12.6. The number of likely N-dealkylation sites (tertiary alicyclic amines) is 1. The van der Waals surface area contributed by atoms with Crippen LogP contribution in [0.15, 0.2) is 12.7 Å². The van der Waals surface area contributed by atoms with Crippen molar-refractivity contribution < 1.29 is 14.3 Å². The second kappa shape index (κ2) is 7.91. The topological polar surface area (TPSA) is 58.6 Å². The molecular weight excluding hydrogens is 324 g/mol. The Morgan fingerprint density at radius 1 is 1.21 bits per heavy atom. The number of thioether (sulfide) groups is 1. The first kappa shape index (κ1) is 17.8. The summed E-state index contributed by atoms with van der Waals surface area (Å²) >= 11 is 2.00. The van der Waals surface area contributed by atoms with Crippen molar-refractivity contribution in [1.82, 2.24) is 10.2 Å². The standard InChI is InChI=1S/C18H28N2O3S/c1-2-16(21)20-8-3-14(4-9-20)17(22)19-15-5-10-23-18(13-15)6-11-24-12-7-18/h2,14-15H,1,3-13H2,(H,19,22). The van der Waals surface area contributed by atoms with E-state index in [0.717, 1.165) is 56.6 Å². The average molecular weight is 353 g/mol. The number of rotatable bonds is 3. The first-order valence-electron chi connectivity index (χ1n) is 9.05. The molecule has 3 heterocycles. The van der Waals surface area contributed by atoms with Crippen LogP contribution in [-0.4, -0.2) is 59.6 Å². The third-order valence-corrected chi connectivity index (χ3v) is 6.58. The summed E-state index contributed by atoms with van der Waals surface area (Å²) in [6, 6.07) is 0.238. The summed E-state index contributed by atoms with van der Waals surface area (Å²) < 4.78 is 6.10. The van der Waals surface area contributed by atoms with Crippen molar-refractivity contribution in [2.24, 2.45) is 5.92 Å². The Morgan fingerprint density at radius 2 is 1.92 bits per heavy atom. The normalized spacial score (nSPS) is 27.7. The first-order valence-corrected chi connectivity index (χ1v) is 10.2. The number of nitrogens with one attached hydrogen (secondary N) is 1. The van der Waals surface area contributed by atoms with Gasteiger partial charge in [0, 0.05) is 31.7 Å². The van der Waals surface area contributed by atoms with Crippen molar-refractivity contribution in [3.8, 4) is 0 Å². The Balaban J connectivity index is 1.48. The van der Waals surface area contributed by atoms with Gasteiger partial charge in [0.2, 0.25) is 11.8 Å². The molecule has 0 aromatic carbocycles. The average Bonchev–Trinajstić information content (AvgIpc) is 2.62. The fourth-order valence-corrected chi connectivity index (χ4v) is 5.29. The molecule has 0 aliphatic carbocycles. The van der Waals surface area contributed by atoms with Crippen LogP contribution in [0.1, 0.15) is 38.5 Å². The Hall–Kier alpha value is -1.01. The van der Waals surface area contributed by atoms with Gasteiger partial charge in [0.25, 0.3) is 0 Å². The number of ether oxygens (including phenoxy) is 1. The molecule has 3 aliphatic rings. The number of hydrogen-bond donors (Lipinski definition) is 1. The molecule has 1 N–H and O–H groups in total. The number of hydrogen-bond acceptors (Lipinski definition) is 4. The molecule has 1 atom stereocenters. The predicted octanol–water partition coefficient (Wildman–Crippen LogP) is 1.97. The van der Waals surface area contributed by atoms with Gasteiger partial charge in [0.15, 0.2) is 0 Å². The Bertz CT molecular complexity index is 477. The van der Waals surface area contributed by atoms with Crippen LogP contribution in [-0.2, 0) is 14.3 Å². The van der Waals surface area contributed by atoms with Crippen LogP contribution in [0.3, 0.4) is 0 Å². The number of carbonyl (C=O) groups excluding carboxylic acids is 2. The number of nitrogens with zero attached hydrogens (tertiary/aromatic N) is 1. The van der Waals surface area contributed by atoms with E-state index in [0.29, 0.717) is 13.1 Å². The lowest BCUT2D eigenvalue weighted by molar-refractivity contribution is -0.134. The Kier molecular flexibility index (Phi) is 5.87. The zero-order chi connectivity index (χ0) is 17.0. The van der Waals surface area contributed by atoms with Gasteiger partial charge in [0.1, 0.15) is 0 Å². The molecular formula is C18H28N2O3S. The molecule has 0 saturated carbocycles. The molecule has 0 radical (unpaired) electrons. The second-order valence-electron chi connectivity index (χ2n) is 7.15. The van der Waals surface area contributed by atoms with E-state index >= 15 is 0 Å². The number of carbonyl (C=O) groups is 2.